The summed E-state index contributed by atoms with van der Waals surface area (Å²) < 4.78 is 2.14. The Kier molecular flexibility index (Phi) is 5.71. The zero-order valence-corrected chi connectivity index (χ0v) is 17.5. The van der Waals surface area contributed by atoms with Crippen LogP contribution < -0.4 is 0 Å². The van der Waals surface area contributed by atoms with Crippen molar-refractivity contribution in [1.82, 2.24) is 19.4 Å². The van der Waals surface area contributed by atoms with Crippen LogP contribution in [0.15, 0.2) is 60.8 Å². The van der Waals surface area contributed by atoms with Crippen molar-refractivity contribution >= 4 is 28.4 Å². The molecule has 148 valence electrons. The summed E-state index contributed by atoms with van der Waals surface area (Å²) in [6, 6.07) is 17.9. The van der Waals surface area contributed by atoms with E-state index in [2.05, 4.69) is 28.6 Å². The summed E-state index contributed by atoms with van der Waals surface area (Å²) in [4.78, 5) is 26.4. The van der Waals surface area contributed by atoms with Gasteiger partial charge in [-0.25, -0.2) is 9.97 Å². The van der Waals surface area contributed by atoms with Gasteiger partial charge < -0.3 is 9.47 Å². The quantitative estimate of drug-likeness (QED) is 0.433. The second-order valence-electron chi connectivity index (χ2n) is 7.08. The number of hydrogen-bond acceptors (Lipinski definition) is 4. The smallest absolute Gasteiger partial charge is 0.264 e. The van der Waals surface area contributed by atoms with E-state index in [0.29, 0.717) is 13.1 Å². The highest BCUT2D eigenvalue weighted by atomic mass is 32.1. The Bertz CT molecular complexity index is 1120. The molecular formula is C23H24N4OS. The van der Waals surface area contributed by atoms with Crippen molar-refractivity contribution in [2.45, 2.75) is 39.9 Å². The van der Waals surface area contributed by atoms with Crippen molar-refractivity contribution in [2.24, 2.45) is 0 Å². The molecule has 29 heavy (non-hydrogen) atoms. The summed E-state index contributed by atoms with van der Waals surface area (Å²) in [5.41, 5.74) is 2.85. The van der Waals surface area contributed by atoms with E-state index in [1.807, 2.05) is 54.3 Å². The Hall–Kier alpha value is -2.99. The van der Waals surface area contributed by atoms with Crippen molar-refractivity contribution in [1.29, 1.82) is 0 Å². The molecule has 5 nitrogen and oxygen atoms in total. The summed E-state index contributed by atoms with van der Waals surface area (Å²) in [6.07, 6.45) is 2.77. The molecule has 3 aromatic heterocycles. The minimum atomic E-state index is 0.0371. The highest BCUT2D eigenvalue weighted by Crippen LogP contribution is 2.22. The first-order chi connectivity index (χ1) is 14.2. The van der Waals surface area contributed by atoms with Crippen LogP contribution in [-0.4, -0.2) is 25.3 Å². The fourth-order valence-corrected chi connectivity index (χ4v) is 4.30. The number of pyridine rings is 1. The van der Waals surface area contributed by atoms with Gasteiger partial charge in [0.15, 0.2) is 5.65 Å². The Balaban J connectivity index is 1.70. The van der Waals surface area contributed by atoms with Gasteiger partial charge in [0, 0.05) is 24.2 Å². The van der Waals surface area contributed by atoms with E-state index in [-0.39, 0.29) is 5.91 Å². The van der Waals surface area contributed by atoms with Gasteiger partial charge in [-0.15, -0.1) is 11.3 Å². The largest absolute Gasteiger partial charge is 0.326 e. The number of hydrogen-bond donors (Lipinski definition) is 0. The van der Waals surface area contributed by atoms with Crippen LogP contribution in [0.3, 0.4) is 0 Å². The third-order valence-electron chi connectivity index (χ3n) is 4.82. The average molecular weight is 405 g/mol. The van der Waals surface area contributed by atoms with Gasteiger partial charge in [-0.1, -0.05) is 37.3 Å². The fourth-order valence-electron chi connectivity index (χ4n) is 3.46. The van der Waals surface area contributed by atoms with E-state index in [4.69, 9.17) is 4.98 Å². The number of rotatable bonds is 7. The molecule has 0 bridgehead atoms. The van der Waals surface area contributed by atoms with Gasteiger partial charge in [-0.05, 0) is 43.2 Å². The van der Waals surface area contributed by atoms with Crippen molar-refractivity contribution in [3.05, 3.63) is 81.9 Å². The average Bonchev–Trinajstić information content (AvgIpc) is 3.32. The summed E-state index contributed by atoms with van der Waals surface area (Å²) in [5.74, 6) is 0.910. The van der Waals surface area contributed by atoms with Crippen molar-refractivity contribution in [2.75, 3.05) is 0 Å². The summed E-state index contributed by atoms with van der Waals surface area (Å²) in [6.45, 7) is 5.98. The van der Waals surface area contributed by atoms with Gasteiger partial charge in [-0.2, -0.15) is 0 Å². The van der Waals surface area contributed by atoms with E-state index in [1.165, 1.54) is 11.3 Å². The third kappa shape index (κ3) is 4.22. The van der Waals surface area contributed by atoms with Gasteiger partial charge >= 0.3 is 0 Å². The standard InChI is InChI=1S/C23H24N4OS/c1-3-14-27-21(25-19-10-7-13-24-22(19)27)16-26(15-18-8-5-4-6-9-18)23(28)20-12-11-17(2)29-20/h4-13H,3,14-16H2,1-2H3. The Morgan fingerprint density at radius 2 is 1.90 bits per heavy atom. The molecule has 0 aliphatic carbocycles. The van der Waals surface area contributed by atoms with Gasteiger partial charge in [0.1, 0.15) is 11.3 Å². The highest BCUT2D eigenvalue weighted by molar-refractivity contribution is 7.13. The van der Waals surface area contributed by atoms with Crippen LogP contribution in [0.5, 0.6) is 0 Å². The van der Waals surface area contributed by atoms with E-state index in [0.717, 1.165) is 45.3 Å². The number of nitrogens with zero attached hydrogens (tertiary/aromatic N) is 4. The van der Waals surface area contributed by atoms with E-state index in [9.17, 15) is 4.79 Å². The number of carbonyl (C=O) groups excluding carboxylic acids is 1. The molecule has 1 aromatic carbocycles. The zero-order chi connectivity index (χ0) is 20.2. The second kappa shape index (κ2) is 8.57. The summed E-state index contributed by atoms with van der Waals surface area (Å²) in [5, 5.41) is 0. The number of imidazole rings is 1. The first-order valence-electron chi connectivity index (χ1n) is 9.85. The lowest BCUT2D eigenvalue weighted by atomic mass is 10.2. The number of aromatic nitrogens is 3. The minimum absolute atomic E-state index is 0.0371. The monoisotopic (exact) mass is 404 g/mol. The van der Waals surface area contributed by atoms with E-state index >= 15 is 0 Å². The lowest BCUT2D eigenvalue weighted by Crippen LogP contribution is -2.31. The molecule has 0 N–H and O–H groups in total. The summed E-state index contributed by atoms with van der Waals surface area (Å²) in [7, 11) is 0. The minimum Gasteiger partial charge on any atom is -0.326 e. The molecule has 0 aliphatic heterocycles. The molecule has 0 saturated carbocycles. The number of fused-ring (bicyclic) bond motifs is 1. The van der Waals surface area contributed by atoms with Crippen LogP contribution in [0.25, 0.3) is 11.2 Å². The number of aryl methyl sites for hydroxylation is 2. The maximum atomic E-state index is 13.3. The molecule has 4 aromatic rings. The Labute approximate surface area is 174 Å². The lowest BCUT2D eigenvalue weighted by Gasteiger charge is -2.22. The lowest BCUT2D eigenvalue weighted by molar-refractivity contribution is 0.0728. The molecule has 0 aliphatic rings. The van der Waals surface area contributed by atoms with Crippen LogP contribution in [0.2, 0.25) is 0 Å². The third-order valence-corrected chi connectivity index (χ3v) is 5.81. The number of thiophene rings is 1. The van der Waals surface area contributed by atoms with Crippen molar-refractivity contribution < 1.29 is 4.79 Å². The summed E-state index contributed by atoms with van der Waals surface area (Å²) >= 11 is 1.53. The Morgan fingerprint density at radius 1 is 1.07 bits per heavy atom. The van der Waals surface area contributed by atoms with Crippen molar-refractivity contribution in [3.63, 3.8) is 0 Å². The van der Waals surface area contributed by atoms with Crippen LogP contribution in [0, 0.1) is 6.92 Å². The molecule has 3 heterocycles. The molecule has 0 radical (unpaired) electrons. The van der Waals surface area contributed by atoms with Gasteiger partial charge in [0.2, 0.25) is 0 Å². The molecule has 1 amide bonds. The van der Waals surface area contributed by atoms with Gasteiger partial charge in [-0.3, -0.25) is 4.79 Å². The molecule has 0 fully saturated rings. The predicted molar refractivity (Wildman–Crippen MR) is 117 cm³/mol. The van der Waals surface area contributed by atoms with Crippen LogP contribution in [0.4, 0.5) is 0 Å². The molecule has 6 heteroatoms. The SMILES string of the molecule is CCCn1c(CN(Cc2ccccc2)C(=O)c2ccc(C)s2)nc2cccnc21. The first kappa shape index (κ1) is 19.3. The second-order valence-corrected chi connectivity index (χ2v) is 8.37. The van der Waals surface area contributed by atoms with Crippen molar-refractivity contribution in [3.8, 4) is 0 Å². The first-order valence-corrected chi connectivity index (χ1v) is 10.7. The Morgan fingerprint density at radius 3 is 2.62 bits per heavy atom. The zero-order valence-electron chi connectivity index (χ0n) is 16.7. The molecular weight excluding hydrogens is 380 g/mol. The highest BCUT2D eigenvalue weighted by Gasteiger charge is 2.21. The van der Waals surface area contributed by atoms with Crippen LogP contribution in [0.1, 0.15) is 39.3 Å². The molecule has 0 atom stereocenters. The maximum absolute atomic E-state index is 13.3. The van der Waals surface area contributed by atoms with E-state index in [1.54, 1.807) is 6.20 Å². The topological polar surface area (TPSA) is 51.0 Å². The van der Waals surface area contributed by atoms with Gasteiger partial charge in [0.05, 0.1) is 11.4 Å². The molecule has 4 rings (SSSR count). The molecule has 0 unspecified atom stereocenters. The maximum Gasteiger partial charge on any atom is 0.264 e. The number of benzene rings is 1. The van der Waals surface area contributed by atoms with Gasteiger partial charge in [0.25, 0.3) is 5.91 Å². The molecule has 0 spiro atoms. The van der Waals surface area contributed by atoms with Crippen LogP contribution >= 0.6 is 11.3 Å². The van der Waals surface area contributed by atoms with E-state index < -0.39 is 0 Å². The normalized spacial score (nSPS) is 11.1. The fraction of sp³-hybridized carbons (Fsp3) is 0.261. The predicted octanol–water partition coefficient (Wildman–Crippen LogP) is 5.05. The van der Waals surface area contributed by atoms with Crippen LogP contribution in [-0.2, 0) is 19.6 Å². The molecule has 0 saturated heterocycles. The number of amides is 1. The number of carbonyl (C=O) groups is 1.